The molecule has 0 fully saturated rings. The van der Waals surface area contributed by atoms with Gasteiger partial charge < -0.3 is 4.55 Å². The summed E-state index contributed by atoms with van der Waals surface area (Å²) in [6, 6.07) is 8.13. The molecule has 1 aromatic carbocycles. The van der Waals surface area contributed by atoms with Crippen LogP contribution in [0.2, 0.25) is 0 Å². The van der Waals surface area contributed by atoms with Gasteiger partial charge in [0, 0.05) is 29.1 Å². The maximum absolute atomic E-state index is 12.2. The molecular weight excluding hydrogens is 256 g/mol. The Morgan fingerprint density at radius 1 is 1.21 bits per heavy atom. The zero-order valence-corrected chi connectivity index (χ0v) is 12.6. The van der Waals surface area contributed by atoms with Crippen LogP contribution in [0.4, 0.5) is 0 Å². The molecule has 1 N–H and O–H groups in total. The van der Waals surface area contributed by atoms with Crippen molar-refractivity contribution in [3.05, 3.63) is 42.2 Å². The lowest BCUT2D eigenvalue weighted by Gasteiger charge is -2.26. The zero-order valence-electron chi connectivity index (χ0n) is 11.8. The highest BCUT2D eigenvalue weighted by Crippen LogP contribution is 2.25. The quantitative estimate of drug-likeness (QED) is 0.875. The van der Waals surface area contributed by atoms with E-state index in [1.54, 1.807) is 0 Å². The molecule has 0 aliphatic carbocycles. The summed E-state index contributed by atoms with van der Waals surface area (Å²) in [5.74, 6) is 0. The molecule has 2 aromatic rings. The fourth-order valence-electron chi connectivity index (χ4n) is 1.89. The van der Waals surface area contributed by atoms with Crippen LogP contribution in [-0.4, -0.2) is 14.3 Å². The minimum absolute atomic E-state index is 0.00124. The lowest BCUT2D eigenvalue weighted by atomic mass is 10.0. The van der Waals surface area contributed by atoms with E-state index in [0.29, 0.717) is 0 Å². The highest BCUT2D eigenvalue weighted by Gasteiger charge is 2.28. The predicted molar refractivity (Wildman–Crippen MR) is 81.2 cm³/mol. The van der Waals surface area contributed by atoms with Gasteiger partial charge in [-0.15, -0.1) is 4.72 Å². The van der Waals surface area contributed by atoms with Gasteiger partial charge in [-0.25, -0.2) is 0 Å². The highest BCUT2D eigenvalue weighted by atomic mass is 32.2. The second kappa shape index (κ2) is 5.49. The van der Waals surface area contributed by atoms with Crippen LogP contribution in [0, 0.1) is 0 Å². The van der Waals surface area contributed by atoms with Crippen molar-refractivity contribution in [1.82, 2.24) is 9.71 Å². The molecule has 4 heteroatoms. The van der Waals surface area contributed by atoms with Crippen LogP contribution in [0.15, 0.2) is 36.7 Å². The summed E-state index contributed by atoms with van der Waals surface area (Å²) < 4.78 is 15.1. The molecule has 0 aliphatic heterocycles. The molecule has 1 aromatic heterocycles. The van der Waals surface area contributed by atoms with Gasteiger partial charge in [-0.1, -0.05) is 24.3 Å². The molecule has 1 unspecified atom stereocenters. The third kappa shape index (κ3) is 3.26. The van der Waals surface area contributed by atoms with E-state index in [4.69, 9.17) is 0 Å². The monoisotopic (exact) mass is 276 g/mol. The van der Waals surface area contributed by atoms with Gasteiger partial charge in [0.1, 0.15) is 4.75 Å². The Bertz CT molecular complexity index is 560. The maximum atomic E-state index is 12.2. The van der Waals surface area contributed by atoms with Crippen LogP contribution in [0.1, 0.15) is 39.3 Å². The molecule has 0 radical (unpaired) electrons. The number of benzene rings is 1. The Balaban J connectivity index is 2.29. The van der Waals surface area contributed by atoms with Crippen LogP contribution >= 0.6 is 0 Å². The lowest BCUT2D eigenvalue weighted by Crippen LogP contribution is -2.40. The van der Waals surface area contributed by atoms with E-state index in [0.717, 1.165) is 16.3 Å². The van der Waals surface area contributed by atoms with Crippen molar-refractivity contribution in [2.24, 2.45) is 0 Å². The minimum atomic E-state index is -1.09. The van der Waals surface area contributed by atoms with Gasteiger partial charge >= 0.3 is 0 Å². The normalized spacial score (nSPS) is 15.4. The van der Waals surface area contributed by atoms with E-state index in [1.165, 1.54) is 0 Å². The fraction of sp³-hybridized carbons (Fsp3) is 0.400. The lowest BCUT2D eigenvalue weighted by molar-refractivity contribution is 0.531. The van der Waals surface area contributed by atoms with Crippen LogP contribution in [0.3, 0.4) is 0 Å². The Kier molecular flexibility index (Phi) is 4.13. The molecule has 2 atom stereocenters. The summed E-state index contributed by atoms with van der Waals surface area (Å²) in [5, 5.41) is 2.26. The number of hydrogen-bond acceptors (Lipinski definition) is 3. The van der Waals surface area contributed by atoms with Crippen molar-refractivity contribution in [3.63, 3.8) is 0 Å². The number of nitrogens with zero attached hydrogens (tertiary/aromatic N) is 1. The van der Waals surface area contributed by atoms with E-state index < -0.39 is 11.4 Å². The summed E-state index contributed by atoms with van der Waals surface area (Å²) in [7, 11) is 0. The summed E-state index contributed by atoms with van der Waals surface area (Å²) in [5.41, 5.74) is 1.08. The Hall–Kier alpha value is -1.10. The largest absolute Gasteiger partial charge is 0.598 e. The SMILES string of the molecule is CC(N[S@+]([O-])C(C)(C)C)c1cncc2ccccc12. The molecule has 102 valence electrons. The van der Waals surface area contributed by atoms with Gasteiger partial charge in [-0.05, 0) is 38.6 Å². The van der Waals surface area contributed by atoms with Crippen LogP contribution in [0.25, 0.3) is 10.8 Å². The molecule has 0 saturated heterocycles. The Morgan fingerprint density at radius 3 is 2.58 bits per heavy atom. The number of aromatic nitrogens is 1. The average molecular weight is 276 g/mol. The molecular formula is C15H20N2OS. The number of pyridine rings is 1. The molecule has 19 heavy (non-hydrogen) atoms. The topological polar surface area (TPSA) is 48.0 Å². The number of hydrogen-bond donors (Lipinski definition) is 1. The van der Waals surface area contributed by atoms with E-state index >= 15 is 0 Å². The smallest absolute Gasteiger partial charge is 0.136 e. The molecule has 0 spiro atoms. The van der Waals surface area contributed by atoms with Gasteiger partial charge in [-0.3, -0.25) is 4.98 Å². The fourth-order valence-corrected chi connectivity index (χ4v) is 2.69. The molecule has 0 saturated carbocycles. The van der Waals surface area contributed by atoms with Crippen molar-refractivity contribution in [1.29, 1.82) is 0 Å². The van der Waals surface area contributed by atoms with E-state index in [9.17, 15) is 4.55 Å². The zero-order chi connectivity index (χ0) is 14.0. The summed E-state index contributed by atoms with van der Waals surface area (Å²) in [6.07, 6.45) is 3.70. The molecule has 2 rings (SSSR count). The van der Waals surface area contributed by atoms with E-state index in [2.05, 4.69) is 15.8 Å². The summed E-state index contributed by atoms with van der Waals surface area (Å²) >= 11 is -1.09. The average Bonchev–Trinajstić information content (AvgIpc) is 2.36. The molecule has 1 heterocycles. The summed E-state index contributed by atoms with van der Waals surface area (Å²) in [4.78, 5) is 4.26. The second-order valence-electron chi connectivity index (χ2n) is 5.67. The first kappa shape index (κ1) is 14.3. The number of nitrogens with one attached hydrogen (secondary N) is 1. The first-order chi connectivity index (χ1) is 8.89. The van der Waals surface area contributed by atoms with Crippen LogP contribution < -0.4 is 4.72 Å². The Labute approximate surface area is 117 Å². The van der Waals surface area contributed by atoms with Crippen molar-refractivity contribution >= 4 is 22.1 Å². The first-order valence-electron chi connectivity index (χ1n) is 6.40. The van der Waals surface area contributed by atoms with Gasteiger partial charge in [0.05, 0.1) is 6.04 Å². The van der Waals surface area contributed by atoms with Gasteiger partial charge in [0.15, 0.2) is 0 Å². The first-order valence-corrected chi connectivity index (χ1v) is 7.55. The Morgan fingerprint density at radius 2 is 1.89 bits per heavy atom. The number of fused-ring (bicyclic) bond motifs is 1. The molecule has 3 nitrogen and oxygen atoms in total. The molecule has 0 bridgehead atoms. The minimum Gasteiger partial charge on any atom is -0.598 e. The van der Waals surface area contributed by atoms with Gasteiger partial charge in [0.25, 0.3) is 0 Å². The molecule has 0 aliphatic rings. The van der Waals surface area contributed by atoms with Crippen LogP contribution in [0.5, 0.6) is 0 Å². The van der Waals surface area contributed by atoms with E-state index in [1.807, 2.05) is 58.3 Å². The maximum Gasteiger partial charge on any atom is 0.136 e. The predicted octanol–water partition coefficient (Wildman–Crippen LogP) is 3.35. The van der Waals surface area contributed by atoms with Gasteiger partial charge in [0.2, 0.25) is 0 Å². The third-order valence-electron chi connectivity index (χ3n) is 3.01. The summed E-state index contributed by atoms with van der Waals surface area (Å²) in [6.45, 7) is 7.91. The van der Waals surface area contributed by atoms with Crippen LogP contribution in [-0.2, 0) is 11.4 Å². The van der Waals surface area contributed by atoms with Crippen molar-refractivity contribution < 1.29 is 4.55 Å². The second-order valence-corrected chi connectivity index (χ2v) is 7.67. The van der Waals surface area contributed by atoms with Crippen molar-refractivity contribution in [3.8, 4) is 0 Å². The van der Waals surface area contributed by atoms with Gasteiger partial charge in [-0.2, -0.15) is 0 Å². The van der Waals surface area contributed by atoms with Crippen molar-refractivity contribution in [2.45, 2.75) is 38.5 Å². The number of rotatable bonds is 3. The third-order valence-corrected chi connectivity index (χ3v) is 4.69. The molecule has 0 amide bonds. The highest BCUT2D eigenvalue weighted by molar-refractivity contribution is 7.90. The standard InChI is InChI=1S/C15H20N2OS/c1-11(17-19(18)15(2,3)4)14-10-16-9-12-7-5-6-8-13(12)14/h5-11,17H,1-4H3/t11?,19-/m1/s1. The van der Waals surface area contributed by atoms with Crippen molar-refractivity contribution in [2.75, 3.05) is 0 Å². The van der Waals surface area contributed by atoms with E-state index in [-0.39, 0.29) is 10.8 Å².